The van der Waals surface area contributed by atoms with E-state index in [-0.39, 0.29) is 12.0 Å². The minimum Gasteiger partial charge on any atom is -0.393 e. The van der Waals surface area contributed by atoms with Gasteiger partial charge in [-0.1, -0.05) is 0 Å². The van der Waals surface area contributed by atoms with Gasteiger partial charge in [-0.2, -0.15) is 0 Å². The van der Waals surface area contributed by atoms with Gasteiger partial charge in [0, 0.05) is 25.2 Å². The van der Waals surface area contributed by atoms with Crippen molar-refractivity contribution in [1.29, 1.82) is 0 Å². The van der Waals surface area contributed by atoms with Crippen molar-refractivity contribution in [3.63, 3.8) is 0 Å². The summed E-state index contributed by atoms with van der Waals surface area (Å²) in [5.74, 6) is 0.508. The second-order valence-corrected chi connectivity index (χ2v) is 4.88. The summed E-state index contributed by atoms with van der Waals surface area (Å²) in [5.41, 5.74) is 2.07. The van der Waals surface area contributed by atoms with Gasteiger partial charge in [-0.25, -0.2) is 0 Å². The molecule has 3 N–H and O–H groups in total. The molecule has 1 heterocycles. The molecule has 2 fully saturated rings. The van der Waals surface area contributed by atoms with Crippen LogP contribution in [-0.2, 0) is 4.79 Å². The summed E-state index contributed by atoms with van der Waals surface area (Å²) in [7, 11) is 0. The predicted molar refractivity (Wildman–Crippen MR) is 61.9 cm³/mol. The Hall–Kier alpha value is -0.870. The Kier molecular flexibility index (Phi) is 3.61. The van der Waals surface area contributed by atoms with Crippen LogP contribution in [0.1, 0.15) is 26.2 Å². The van der Waals surface area contributed by atoms with E-state index in [9.17, 15) is 9.90 Å². The average Bonchev–Trinajstić information content (AvgIpc) is 2.58. The summed E-state index contributed by atoms with van der Waals surface area (Å²) >= 11 is 0. The van der Waals surface area contributed by atoms with E-state index in [0.29, 0.717) is 12.5 Å². The molecule has 0 aromatic heterocycles. The molecule has 1 saturated carbocycles. The zero-order valence-corrected chi connectivity index (χ0v) is 9.75. The van der Waals surface area contributed by atoms with Crippen molar-refractivity contribution in [1.82, 2.24) is 10.6 Å². The first-order valence-corrected chi connectivity index (χ1v) is 6.02. The smallest absolute Gasteiger partial charge is 0.246 e. The van der Waals surface area contributed by atoms with E-state index in [1.54, 1.807) is 0 Å². The maximum Gasteiger partial charge on any atom is 0.246 e. The van der Waals surface area contributed by atoms with E-state index in [2.05, 4.69) is 10.6 Å². The molecule has 1 saturated heterocycles. The van der Waals surface area contributed by atoms with Gasteiger partial charge in [-0.3, -0.25) is 4.79 Å². The van der Waals surface area contributed by atoms with E-state index in [1.807, 2.05) is 6.92 Å². The first-order chi connectivity index (χ1) is 7.66. The minimum atomic E-state index is -0.155. The lowest BCUT2D eigenvalue weighted by atomic mass is 10.0. The average molecular weight is 224 g/mol. The molecule has 0 aromatic carbocycles. The van der Waals surface area contributed by atoms with Crippen molar-refractivity contribution in [2.75, 3.05) is 19.6 Å². The quantitative estimate of drug-likeness (QED) is 0.599. The Bertz CT molecular complexity index is 306. The number of hydrogen-bond donors (Lipinski definition) is 3. The molecule has 4 nitrogen and oxygen atoms in total. The highest BCUT2D eigenvalue weighted by atomic mass is 16.3. The van der Waals surface area contributed by atoms with Gasteiger partial charge >= 0.3 is 0 Å². The number of amides is 1. The van der Waals surface area contributed by atoms with Gasteiger partial charge in [0.2, 0.25) is 5.91 Å². The molecule has 16 heavy (non-hydrogen) atoms. The molecule has 0 bridgehead atoms. The fraction of sp³-hybridized carbons (Fsp3) is 0.750. The van der Waals surface area contributed by atoms with Crippen LogP contribution in [0, 0.1) is 5.92 Å². The Morgan fingerprint density at radius 2 is 2.25 bits per heavy atom. The normalized spacial score (nSPS) is 28.8. The van der Waals surface area contributed by atoms with Gasteiger partial charge in [-0.15, -0.1) is 0 Å². The van der Waals surface area contributed by atoms with Crippen LogP contribution in [0.5, 0.6) is 0 Å². The molecule has 90 valence electrons. The van der Waals surface area contributed by atoms with Gasteiger partial charge < -0.3 is 15.7 Å². The lowest BCUT2D eigenvalue weighted by Crippen LogP contribution is -2.38. The van der Waals surface area contributed by atoms with E-state index in [1.165, 1.54) is 5.57 Å². The maximum atomic E-state index is 11.8. The SMILES string of the molecule is CC(C(=O)NCC1CCC(O)C1)=C1CNC1. The van der Waals surface area contributed by atoms with E-state index in [0.717, 1.165) is 37.9 Å². The van der Waals surface area contributed by atoms with Crippen molar-refractivity contribution in [3.05, 3.63) is 11.1 Å². The van der Waals surface area contributed by atoms with Crippen LogP contribution in [0.4, 0.5) is 0 Å². The van der Waals surface area contributed by atoms with E-state index < -0.39 is 0 Å². The van der Waals surface area contributed by atoms with E-state index >= 15 is 0 Å². The van der Waals surface area contributed by atoms with Gasteiger partial charge in [-0.05, 0) is 37.7 Å². The topological polar surface area (TPSA) is 61.4 Å². The first-order valence-electron chi connectivity index (χ1n) is 6.02. The molecule has 2 unspecified atom stereocenters. The minimum absolute atomic E-state index is 0.0536. The molecule has 4 heteroatoms. The van der Waals surface area contributed by atoms with Crippen LogP contribution >= 0.6 is 0 Å². The van der Waals surface area contributed by atoms with Crippen LogP contribution in [0.2, 0.25) is 0 Å². The van der Waals surface area contributed by atoms with Crippen LogP contribution in [0.15, 0.2) is 11.1 Å². The van der Waals surface area contributed by atoms with Gasteiger partial charge in [0.15, 0.2) is 0 Å². The summed E-state index contributed by atoms with van der Waals surface area (Å²) in [6.45, 7) is 4.28. The lowest BCUT2D eigenvalue weighted by molar-refractivity contribution is -0.117. The second kappa shape index (κ2) is 4.97. The number of nitrogens with one attached hydrogen (secondary N) is 2. The summed E-state index contributed by atoms with van der Waals surface area (Å²) in [6, 6.07) is 0. The number of aliphatic hydroxyl groups is 1. The number of hydrogen-bond acceptors (Lipinski definition) is 3. The molecule has 1 amide bonds. The molecular formula is C12H20N2O2. The standard InChI is InChI=1S/C12H20N2O2/c1-8(10-6-13-7-10)12(16)14-5-9-2-3-11(15)4-9/h9,11,13,15H,2-7H2,1H3,(H,14,16). The van der Waals surface area contributed by atoms with Crippen molar-refractivity contribution >= 4 is 5.91 Å². The summed E-state index contributed by atoms with van der Waals surface area (Å²) in [4.78, 5) is 11.8. The van der Waals surface area contributed by atoms with Gasteiger partial charge in [0.25, 0.3) is 0 Å². The third kappa shape index (κ3) is 2.62. The fourth-order valence-corrected chi connectivity index (χ4v) is 2.28. The number of carbonyl (C=O) groups excluding carboxylic acids is 1. The lowest BCUT2D eigenvalue weighted by Gasteiger charge is -2.21. The maximum absolute atomic E-state index is 11.8. The summed E-state index contributed by atoms with van der Waals surface area (Å²) < 4.78 is 0. The highest BCUT2D eigenvalue weighted by Gasteiger charge is 2.23. The largest absolute Gasteiger partial charge is 0.393 e. The van der Waals surface area contributed by atoms with Crippen molar-refractivity contribution in [2.24, 2.45) is 5.92 Å². The molecule has 2 rings (SSSR count). The van der Waals surface area contributed by atoms with Crippen molar-refractivity contribution in [3.8, 4) is 0 Å². The van der Waals surface area contributed by atoms with Crippen molar-refractivity contribution in [2.45, 2.75) is 32.3 Å². The van der Waals surface area contributed by atoms with E-state index in [4.69, 9.17) is 0 Å². The predicted octanol–water partition coefficient (Wildman–Crippen LogP) is 0.183. The van der Waals surface area contributed by atoms with Crippen molar-refractivity contribution < 1.29 is 9.90 Å². The molecule has 2 atom stereocenters. The number of carbonyl (C=O) groups is 1. The molecule has 0 radical (unpaired) electrons. The third-order valence-electron chi connectivity index (χ3n) is 3.61. The van der Waals surface area contributed by atoms with Gasteiger partial charge in [0.1, 0.15) is 0 Å². The third-order valence-corrected chi connectivity index (χ3v) is 3.61. The van der Waals surface area contributed by atoms with Gasteiger partial charge in [0.05, 0.1) is 6.10 Å². The van der Waals surface area contributed by atoms with Crippen LogP contribution in [0.3, 0.4) is 0 Å². The Morgan fingerprint density at radius 1 is 1.50 bits per heavy atom. The Morgan fingerprint density at radius 3 is 2.75 bits per heavy atom. The molecule has 1 aliphatic heterocycles. The zero-order valence-electron chi connectivity index (χ0n) is 9.75. The molecule has 1 aliphatic carbocycles. The Labute approximate surface area is 96.1 Å². The molecule has 0 aromatic rings. The molecular weight excluding hydrogens is 204 g/mol. The van der Waals surface area contributed by atoms with Crippen LogP contribution in [0.25, 0.3) is 0 Å². The molecule has 2 aliphatic rings. The summed E-state index contributed by atoms with van der Waals surface area (Å²) in [5, 5.41) is 15.5. The molecule has 0 spiro atoms. The second-order valence-electron chi connectivity index (χ2n) is 4.88. The first kappa shape index (κ1) is 11.6. The monoisotopic (exact) mass is 224 g/mol. The highest BCUT2D eigenvalue weighted by Crippen LogP contribution is 2.24. The number of aliphatic hydroxyl groups excluding tert-OH is 1. The van der Waals surface area contributed by atoms with Crippen LogP contribution in [-0.4, -0.2) is 36.8 Å². The fourth-order valence-electron chi connectivity index (χ4n) is 2.28. The number of rotatable bonds is 3. The zero-order chi connectivity index (χ0) is 11.5. The summed E-state index contributed by atoms with van der Waals surface area (Å²) in [6.07, 6.45) is 2.58. The highest BCUT2D eigenvalue weighted by molar-refractivity contribution is 5.93. The Balaban J connectivity index is 1.75. The van der Waals surface area contributed by atoms with Crippen LogP contribution < -0.4 is 10.6 Å².